The van der Waals surface area contributed by atoms with Gasteiger partial charge in [-0.25, -0.2) is 19.7 Å². The van der Waals surface area contributed by atoms with E-state index in [0.717, 1.165) is 5.57 Å². The third-order valence-corrected chi connectivity index (χ3v) is 6.80. The molecule has 1 aromatic carbocycles. The van der Waals surface area contributed by atoms with E-state index in [1.165, 1.54) is 38.7 Å². The molecule has 0 unspecified atom stereocenters. The Hall–Kier alpha value is -5.04. The lowest BCUT2D eigenvalue weighted by Crippen LogP contribution is -2.17. The Kier molecular flexibility index (Phi) is 8.78. The lowest BCUT2D eigenvalue weighted by Gasteiger charge is -2.17. The highest BCUT2D eigenvalue weighted by atomic mass is 32.2. The van der Waals surface area contributed by atoms with Crippen LogP contribution in [0.4, 0.5) is 5.82 Å². The summed E-state index contributed by atoms with van der Waals surface area (Å²) in [6.07, 6.45) is 2.79. The van der Waals surface area contributed by atoms with Crippen molar-refractivity contribution in [1.29, 1.82) is 0 Å². The number of nitrogens with zero attached hydrogens (tertiary/aromatic N) is 4. The molecule has 13 heteroatoms. The summed E-state index contributed by atoms with van der Waals surface area (Å²) >= 11 is 0. The average molecular weight is 578 g/mol. The van der Waals surface area contributed by atoms with Gasteiger partial charge in [0.05, 0.1) is 20.8 Å². The molecule has 0 saturated carbocycles. The molecule has 0 radical (unpaired) electrons. The molecule has 0 atom stereocenters. The largest absolute Gasteiger partial charge is 0.493 e. The van der Waals surface area contributed by atoms with Crippen LogP contribution >= 0.6 is 0 Å². The molecule has 0 bridgehead atoms. The molecule has 0 fully saturated rings. The topological polar surface area (TPSA) is 152 Å². The number of aromatic nitrogens is 4. The maximum atomic E-state index is 13.4. The molecule has 0 aliphatic carbocycles. The molecule has 0 aliphatic heterocycles. The molecule has 0 amide bonds. The number of pyridine rings is 2. The standard InChI is InChI=1S/C28H27N5O7S/c1-6-39-28(34)20-15-18(13-14-29-20)25-31-26(33-41(35,36)23-12-11-19(16-30-23)17(2)3)24(27(32-25)38-5)40-22-10-8-7-9-21(22)37-4/h7-16H,2,6H2,1,3-5H3,(H,31,32,33). The highest BCUT2D eigenvalue weighted by Gasteiger charge is 2.26. The Morgan fingerprint density at radius 3 is 2.39 bits per heavy atom. The predicted molar refractivity (Wildman–Crippen MR) is 151 cm³/mol. The normalized spacial score (nSPS) is 10.9. The number of allylic oxidation sites excluding steroid dienone is 1. The molecule has 3 heterocycles. The zero-order valence-electron chi connectivity index (χ0n) is 22.7. The molecular formula is C28H27N5O7S. The first-order valence-electron chi connectivity index (χ1n) is 12.2. The first kappa shape index (κ1) is 29.0. The number of hydrogen-bond acceptors (Lipinski definition) is 11. The minimum atomic E-state index is -4.27. The van der Waals surface area contributed by atoms with Crippen LogP contribution in [-0.4, -0.2) is 55.1 Å². The van der Waals surface area contributed by atoms with Crippen molar-refractivity contribution in [3.63, 3.8) is 0 Å². The van der Waals surface area contributed by atoms with Gasteiger partial charge in [-0.2, -0.15) is 13.4 Å². The number of methoxy groups -OCH3 is 2. The number of nitrogens with one attached hydrogen (secondary N) is 1. The molecule has 1 N–H and O–H groups in total. The van der Waals surface area contributed by atoms with Gasteiger partial charge in [0.1, 0.15) is 5.69 Å². The summed E-state index contributed by atoms with van der Waals surface area (Å²) in [6.45, 7) is 7.46. The van der Waals surface area contributed by atoms with Gasteiger partial charge in [-0.1, -0.05) is 24.8 Å². The second-order valence-electron chi connectivity index (χ2n) is 8.41. The Morgan fingerprint density at radius 1 is 1.00 bits per heavy atom. The minimum Gasteiger partial charge on any atom is -0.493 e. The monoisotopic (exact) mass is 577 g/mol. The van der Waals surface area contributed by atoms with Crippen molar-refractivity contribution in [1.82, 2.24) is 19.9 Å². The number of carbonyl (C=O) groups is 1. The first-order valence-corrected chi connectivity index (χ1v) is 13.7. The first-order chi connectivity index (χ1) is 19.7. The number of ether oxygens (including phenoxy) is 4. The van der Waals surface area contributed by atoms with Gasteiger partial charge < -0.3 is 18.9 Å². The summed E-state index contributed by atoms with van der Waals surface area (Å²) in [7, 11) is -1.47. The molecule has 0 saturated heterocycles. The van der Waals surface area contributed by atoms with Crippen LogP contribution in [-0.2, 0) is 14.8 Å². The second kappa shape index (κ2) is 12.4. The van der Waals surface area contributed by atoms with E-state index in [0.29, 0.717) is 16.9 Å². The number of rotatable bonds is 11. The summed E-state index contributed by atoms with van der Waals surface area (Å²) in [4.78, 5) is 29.2. The van der Waals surface area contributed by atoms with Crippen molar-refractivity contribution >= 4 is 27.4 Å². The van der Waals surface area contributed by atoms with E-state index in [1.807, 2.05) is 0 Å². The van der Waals surface area contributed by atoms with Gasteiger partial charge in [0, 0.05) is 18.0 Å². The van der Waals surface area contributed by atoms with Crippen molar-refractivity contribution in [2.45, 2.75) is 18.9 Å². The number of sulfonamides is 1. The van der Waals surface area contributed by atoms with Crippen LogP contribution < -0.4 is 18.9 Å². The summed E-state index contributed by atoms with van der Waals surface area (Å²) in [5.74, 6) is -0.479. The molecule has 0 aliphatic rings. The van der Waals surface area contributed by atoms with E-state index in [9.17, 15) is 13.2 Å². The fourth-order valence-corrected chi connectivity index (χ4v) is 4.47. The molecule has 4 rings (SSSR count). The molecule has 212 valence electrons. The van der Waals surface area contributed by atoms with Crippen molar-refractivity contribution in [2.75, 3.05) is 25.5 Å². The van der Waals surface area contributed by atoms with Crippen LogP contribution in [0.25, 0.3) is 17.0 Å². The SMILES string of the molecule is C=C(C)c1ccc(S(=O)(=O)Nc2nc(-c3ccnc(C(=O)OCC)c3)nc(OC)c2Oc2ccccc2OC)nc1. The number of hydrogen-bond donors (Lipinski definition) is 1. The summed E-state index contributed by atoms with van der Waals surface area (Å²) in [6, 6.07) is 12.7. The minimum absolute atomic E-state index is 0.0187. The Bertz CT molecular complexity index is 1690. The number of anilines is 1. The van der Waals surface area contributed by atoms with Gasteiger partial charge in [0.25, 0.3) is 15.9 Å². The lowest BCUT2D eigenvalue weighted by atomic mass is 10.2. The highest BCUT2D eigenvalue weighted by molar-refractivity contribution is 7.92. The maximum absolute atomic E-state index is 13.4. The molecule has 41 heavy (non-hydrogen) atoms. The molecular weight excluding hydrogens is 550 g/mol. The van der Waals surface area contributed by atoms with Crippen molar-refractivity contribution in [3.05, 3.63) is 78.8 Å². The quantitative estimate of drug-likeness (QED) is 0.246. The molecule has 12 nitrogen and oxygen atoms in total. The van der Waals surface area contributed by atoms with Crippen LogP contribution in [0.3, 0.4) is 0 Å². The van der Waals surface area contributed by atoms with Gasteiger partial charge in [-0.05, 0) is 55.3 Å². The lowest BCUT2D eigenvalue weighted by molar-refractivity contribution is 0.0519. The van der Waals surface area contributed by atoms with E-state index in [2.05, 4.69) is 31.2 Å². The summed E-state index contributed by atoms with van der Waals surface area (Å²) in [5, 5.41) is -0.265. The van der Waals surface area contributed by atoms with E-state index in [4.69, 9.17) is 18.9 Å². The van der Waals surface area contributed by atoms with E-state index in [1.54, 1.807) is 50.2 Å². The second-order valence-corrected chi connectivity index (χ2v) is 10.0. The van der Waals surface area contributed by atoms with Gasteiger partial charge in [-0.3, -0.25) is 4.72 Å². The average Bonchev–Trinajstić information content (AvgIpc) is 2.98. The van der Waals surface area contributed by atoms with Gasteiger partial charge in [0.15, 0.2) is 28.2 Å². The number of benzene rings is 1. The Balaban J connectivity index is 1.85. The fourth-order valence-electron chi connectivity index (χ4n) is 3.53. The van der Waals surface area contributed by atoms with Crippen LogP contribution in [0, 0.1) is 0 Å². The van der Waals surface area contributed by atoms with E-state index >= 15 is 0 Å². The third kappa shape index (κ3) is 6.58. The zero-order valence-corrected chi connectivity index (χ0v) is 23.6. The third-order valence-electron chi connectivity index (χ3n) is 5.55. The van der Waals surface area contributed by atoms with E-state index < -0.39 is 16.0 Å². The van der Waals surface area contributed by atoms with Gasteiger partial charge >= 0.3 is 5.97 Å². The highest BCUT2D eigenvalue weighted by Crippen LogP contribution is 2.41. The van der Waals surface area contributed by atoms with Crippen LogP contribution in [0.15, 0.2) is 72.5 Å². The molecule has 3 aromatic heterocycles. The molecule has 4 aromatic rings. The van der Waals surface area contributed by atoms with Crippen molar-refractivity contribution in [2.24, 2.45) is 0 Å². The summed E-state index contributed by atoms with van der Waals surface area (Å²) in [5.41, 5.74) is 1.77. The van der Waals surface area contributed by atoms with Crippen LogP contribution in [0.5, 0.6) is 23.1 Å². The maximum Gasteiger partial charge on any atom is 0.356 e. The Morgan fingerprint density at radius 2 is 1.76 bits per heavy atom. The summed E-state index contributed by atoms with van der Waals surface area (Å²) < 4.78 is 51.2. The Labute approximate surface area is 237 Å². The smallest absolute Gasteiger partial charge is 0.356 e. The van der Waals surface area contributed by atoms with Gasteiger partial charge in [-0.15, -0.1) is 0 Å². The van der Waals surface area contributed by atoms with Crippen molar-refractivity contribution in [3.8, 4) is 34.5 Å². The predicted octanol–water partition coefficient (Wildman–Crippen LogP) is 4.75. The zero-order chi connectivity index (χ0) is 29.6. The fraction of sp³-hybridized carbons (Fsp3) is 0.179. The van der Waals surface area contributed by atoms with Gasteiger partial charge in [0.2, 0.25) is 5.75 Å². The molecule has 0 spiro atoms. The van der Waals surface area contributed by atoms with E-state index in [-0.39, 0.29) is 46.3 Å². The van der Waals surface area contributed by atoms with Crippen LogP contribution in [0.2, 0.25) is 0 Å². The number of para-hydroxylation sites is 2. The number of carbonyl (C=O) groups excluding carboxylic acids is 1. The number of esters is 1. The van der Waals surface area contributed by atoms with Crippen LogP contribution in [0.1, 0.15) is 29.9 Å². The van der Waals surface area contributed by atoms with Crippen molar-refractivity contribution < 1.29 is 32.2 Å².